The Morgan fingerprint density at radius 1 is 1.08 bits per heavy atom. The van der Waals surface area contributed by atoms with E-state index in [1.807, 2.05) is 0 Å². The molecule has 0 aliphatic heterocycles. The van der Waals surface area contributed by atoms with E-state index in [-0.39, 0.29) is 11.6 Å². The fourth-order valence-electron chi connectivity index (χ4n) is 2.13. The summed E-state index contributed by atoms with van der Waals surface area (Å²) < 4.78 is 42.3. The van der Waals surface area contributed by atoms with Crippen LogP contribution in [0, 0.1) is 0 Å². The van der Waals surface area contributed by atoms with Gasteiger partial charge in [0.15, 0.2) is 6.61 Å². The van der Waals surface area contributed by atoms with Gasteiger partial charge in [0, 0.05) is 5.02 Å². The van der Waals surface area contributed by atoms with Gasteiger partial charge in [-0.25, -0.2) is 4.79 Å². The van der Waals surface area contributed by atoms with E-state index in [1.54, 1.807) is 31.2 Å². The normalized spacial score (nSPS) is 12.3. The summed E-state index contributed by atoms with van der Waals surface area (Å²) in [6.45, 7) is 1.20. The number of esters is 1. The van der Waals surface area contributed by atoms with Gasteiger partial charge in [0.25, 0.3) is 5.91 Å². The molecule has 2 aromatic carbocycles. The third-order valence-electron chi connectivity index (χ3n) is 3.53. The minimum atomic E-state index is -4.49. The lowest BCUT2D eigenvalue weighted by molar-refractivity contribution is -0.137. The lowest BCUT2D eigenvalue weighted by Crippen LogP contribution is -2.31. The van der Waals surface area contributed by atoms with Crippen LogP contribution in [0.4, 0.5) is 13.2 Å². The van der Waals surface area contributed by atoms with Crippen LogP contribution in [0.25, 0.3) is 0 Å². The molecular weight excluding hydrogens is 371 g/mol. The zero-order chi connectivity index (χ0) is 19.3. The summed E-state index contributed by atoms with van der Waals surface area (Å²) in [6, 6.07) is 10.1. The minimum absolute atomic E-state index is 0.0726. The smallest absolute Gasteiger partial charge is 0.416 e. The Kier molecular flexibility index (Phi) is 6.26. The van der Waals surface area contributed by atoms with E-state index in [9.17, 15) is 22.8 Å². The molecule has 0 unspecified atom stereocenters. The second kappa shape index (κ2) is 8.23. The molecule has 2 aromatic rings. The number of amides is 1. The number of alkyl halides is 3. The quantitative estimate of drug-likeness (QED) is 0.776. The summed E-state index contributed by atoms with van der Waals surface area (Å²) in [7, 11) is 0. The maximum Gasteiger partial charge on any atom is 0.416 e. The molecule has 1 atom stereocenters. The van der Waals surface area contributed by atoms with Crippen LogP contribution in [-0.4, -0.2) is 18.5 Å². The van der Waals surface area contributed by atoms with Gasteiger partial charge in [-0.1, -0.05) is 23.7 Å². The first-order valence-corrected chi connectivity index (χ1v) is 7.94. The minimum Gasteiger partial charge on any atom is -0.452 e. The zero-order valence-electron chi connectivity index (χ0n) is 13.6. The highest BCUT2D eigenvalue weighted by atomic mass is 35.5. The van der Waals surface area contributed by atoms with Crippen LogP contribution < -0.4 is 5.32 Å². The number of halogens is 4. The van der Waals surface area contributed by atoms with Crippen molar-refractivity contribution in [2.75, 3.05) is 6.61 Å². The summed E-state index contributed by atoms with van der Waals surface area (Å²) in [4.78, 5) is 23.7. The number of nitrogens with one attached hydrogen (secondary N) is 1. The average molecular weight is 386 g/mol. The van der Waals surface area contributed by atoms with E-state index < -0.39 is 30.2 Å². The van der Waals surface area contributed by atoms with Gasteiger partial charge in [0.05, 0.1) is 17.2 Å². The lowest BCUT2D eigenvalue weighted by atomic mass is 10.1. The Bertz CT molecular complexity index is 774. The number of carbonyl (C=O) groups excluding carboxylic acids is 2. The van der Waals surface area contributed by atoms with Gasteiger partial charge in [-0.05, 0) is 48.9 Å². The largest absolute Gasteiger partial charge is 0.452 e. The Morgan fingerprint density at radius 2 is 1.65 bits per heavy atom. The number of rotatable bonds is 5. The van der Waals surface area contributed by atoms with Gasteiger partial charge in [-0.2, -0.15) is 13.2 Å². The third kappa shape index (κ3) is 5.49. The number of hydrogen-bond donors (Lipinski definition) is 1. The summed E-state index contributed by atoms with van der Waals surface area (Å²) in [6.07, 6.45) is -4.49. The van der Waals surface area contributed by atoms with Gasteiger partial charge in [-0.3, -0.25) is 4.79 Å². The monoisotopic (exact) mass is 385 g/mol. The van der Waals surface area contributed by atoms with Gasteiger partial charge < -0.3 is 10.1 Å². The number of carbonyl (C=O) groups is 2. The Balaban J connectivity index is 1.86. The maximum absolute atomic E-state index is 12.5. The summed E-state index contributed by atoms with van der Waals surface area (Å²) >= 11 is 5.79. The molecule has 0 radical (unpaired) electrons. The molecule has 1 amide bonds. The van der Waals surface area contributed by atoms with Crippen molar-refractivity contribution in [3.8, 4) is 0 Å². The average Bonchev–Trinajstić information content (AvgIpc) is 2.59. The molecule has 1 N–H and O–H groups in total. The van der Waals surface area contributed by atoms with Crippen LogP contribution in [0.15, 0.2) is 48.5 Å². The number of benzene rings is 2. The van der Waals surface area contributed by atoms with Crippen molar-refractivity contribution in [3.05, 3.63) is 70.2 Å². The SMILES string of the molecule is C[C@@H](NC(=O)COC(=O)c1ccc(C(F)(F)F)cc1)c1ccc(Cl)cc1. The van der Waals surface area contributed by atoms with Crippen LogP contribution in [0.3, 0.4) is 0 Å². The van der Waals surface area contributed by atoms with Crippen molar-refractivity contribution in [1.82, 2.24) is 5.32 Å². The van der Waals surface area contributed by atoms with E-state index >= 15 is 0 Å². The molecule has 0 aliphatic rings. The van der Waals surface area contributed by atoms with Crippen molar-refractivity contribution in [2.45, 2.75) is 19.1 Å². The molecule has 0 bridgehead atoms. The van der Waals surface area contributed by atoms with Crippen molar-refractivity contribution in [2.24, 2.45) is 0 Å². The molecular formula is C18H15ClF3NO3. The third-order valence-corrected chi connectivity index (χ3v) is 3.78. The molecule has 2 rings (SSSR count). The van der Waals surface area contributed by atoms with E-state index in [1.165, 1.54) is 0 Å². The van der Waals surface area contributed by atoms with Crippen LogP contribution in [0.1, 0.15) is 34.5 Å². The molecule has 0 aromatic heterocycles. The van der Waals surface area contributed by atoms with Crippen molar-refractivity contribution >= 4 is 23.5 Å². The predicted octanol–water partition coefficient (Wildman–Crippen LogP) is 4.39. The molecule has 0 saturated heterocycles. The predicted molar refractivity (Wildman–Crippen MR) is 89.7 cm³/mol. The number of hydrogen-bond acceptors (Lipinski definition) is 3. The zero-order valence-corrected chi connectivity index (χ0v) is 14.4. The van der Waals surface area contributed by atoms with Crippen LogP contribution >= 0.6 is 11.6 Å². The first-order valence-electron chi connectivity index (χ1n) is 7.56. The first-order chi connectivity index (χ1) is 12.2. The van der Waals surface area contributed by atoms with Gasteiger partial charge in [0.2, 0.25) is 0 Å². The maximum atomic E-state index is 12.5. The van der Waals surface area contributed by atoms with Crippen LogP contribution in [0.5, 0.6) is 0 Å². The molecule has 4 nitrogen and oxygen atoms in total. The highest BCUT2D eigenvalue weighted by Crippen LogP contribution is 2.29. The molecule has 0 aliphatic carbocycles. The molecule has 26 heavy (non-hydrogen) atoms. The van der Waals surface area contributed by atoms with Gasteiger partial charge >= 0.3 is 12.1 Å². The highest BCUT2D eigenvalue weighted by Gasteiger charge is 2.30. The molecule has 0 heterocycles. The second-order valence-corrected chi connectivity index (χ2v) is 5.93. The van der Waals surface area contributed by atoms with Crippen molar-refractivity contribution in [1.29, 1.82) is 0 Å². The highest BCUT2D eigenvalue weighted by molar-refractivity contribution is 6.30. The number of ether oxygens (including phenoxy) is 1. The Morgan fingerprint density at radius 3 is 2.19 bits per heavy atom. The fraction of sp³-hybridized carbons (Fsp3) is 0.222. The molecule has 0 spiro atoms. The topological polar surface area (TPSA) is 55.4 Å². The van der Waals surface area contributed by atoms with Gasteiger partial charge in [0.1, 0.15) is 0 Å². The standard InChI is InChI=1S/C18H15ClF3NO3/c1-11(12-4-8-15(19)9-5-12)23-16(24)10-26-17(25)13-2-6-14(7-3-13)18(20,21)22/h2-9,11H,10H2,1H3,(H,23,24)/t11-/m1/s1. The lowest BCUT2D eigenvalue weighted by Gasteiger charge is -2.14. The first kappa shape index (κ1) is 19.8. The summed E-state index contributed by atoms with van der Waals surface area (Å²) in [5.41, 5.74) is -0.128. The van der Waals surface area contributed by atoms with Crippen molar-refractivity contribution in [3.63, 3.8) is 0 Å². The van der Waals surface area contributed by atoms with E-state index in [0.29, 0.717) is 5.02 Å². The van der Waals surface area contributed by atoms with E-state index in [2.05, 4.69) is 5.32 Å². The molecule has 138 valence electrons. The van der Waals surface area contributed by atoms with Gasteiger partial charge in [-0.15, -0.1) is 0 Å². The summed E-state index contributed by atoms with van der Waals surface area (Å²) in [5, 5.41) is 3.21. The Labute approximate surface area is 152 Å². The molecule has 0 fully saturated rings. The van der Waals surface area contributed by atoms with Crippen LogP contribution in [-0.2, 0) is 15.7 Å². The van der Waals surface area contributed by atoms with Crippen molar-refractivity contribution < 1.29 is 27.5 Å². The Hall–Kier alpha value is -2.54. The molecule has 0 saturated carbocycles. The fourth-order valence-corrected chi connectivity index (χ4v) is 2.25. The second-order valence-electron chi connectivity index (χ2n) is 5.49. The van der Waals surface area contributed by atoms with E-state index in [4.69, 9.17) is 16.3 Å². The van der Waals surface area contributed by atoms with Crippen LogP contribution in [0.2, 0.25) is 5.02 Å². The van der Waals surface area contributed by atoms with E-state index in [0.717, 1.165) is 29.8 Å². The molecule has 8 heteroatoms. The summed E-state index contributed by atoms with van der Waals surface area (Å²) in [5.74, 6) is -1.42.